The van der Waals surface area contributed by atoms with Crippen molar-refractivity contribution >= 4 is 43.8 Å². The van der Waals surface area contributed by atoms with Gasteiger partial charge >= 0.3 is 0 Å². The second-order valence-electron chi connectivity index (χ2n) is 3.86. The Morgan fingerprint density at radius 1 is 1.05 bits per heavy atom. The zero-order chi connectivity index (χ0) is 14.6. The van der Waals surface area contributed by atoms with Crippen LogP contribution in [0.2, 0.25) is 5.02 Å². The Labute approximate surface area is 130 Å². The van der Waals surface area contributed by atoms with Gasteiger partial charge in [0.2, 0.25) is 0 Å². The molecule has 0 aliphatic carbocycles. The van der Waals surface area contributed by atoms with Crippen LogP contribution in [0.25, 0.3) is 0 Å². The van der Waals surface area contributed by atoms with Crippen molar-refractivity contribution in [1.29, 1.82) is 0 Å². The summed E-state index contributed by atoms with van der Waals surface area (Å²) in [5.41, 5.74) is 0.743. The summed E-state index contributed by atoms with van der Waals surface area (Å²) in [5.74, 6) is 0. The average molecular weight is 374 g/mol. The van der Waals surface area contributed by atoms with Crippen molar-refractivity contribution in [2.45, 2.75) is 4.90 Å². The third kappa shape index (κ3) is 4.06. The summed E-state index contributed by atoms with van der Waals surface area (Å²) in [7, 11) is -3.65. The molecule has 7 heteroatoms. The number of sulfonamides is 1. The second kappa shape index (κ2) is 6.39. The monoisotopic (exact) mass is 372 g/mol. The van der Waals surface area contributed by atoms with E-state index in [1.807, 2.05) is 0 Å². The number of halogens is 2. The highest BCUT2D eigenvalue weighted by Crippen LogP contribution is 2.14. The molecule has 0 aromatic heterocycles. The molecule has 0 saturated heterocycles. The summed E-state index contributed by atoms with van der Waals surface area (Å²) >= 11 is 9.00. The molecule has 0 aliphatic rings. The maximum Gasteiger partial charge on any atom is 0.276 e. The molecular formula is C13H10BrClN2O2S. The van der Waals surface area contributed by atoms with Crippen molar-refractivity contribution in [3.63, 3.8) is 0 Å². The van der Waals surface area contributed by atoms with Gasteiger partial charge in [0.05, 0.1) is 11.1 Å². The molecule has 0 radical (unpaired) electrons. The molecule has 104 valence electrons. The topological polar surface area (TPSA) is 58.5 Å². The lowest BCUT2D eigenvalue weighted by molar-refractivity contribution is 0.584. The molecule has 0 spiro atoms. The Bertz CT molecular complexity index is 713. The van der Waals surface area contributed by atoms with Gasteiger partial charge in [-0.2, -0.15) is 13.5 Å². The van der Waals surface area contributed by atoms with Crippen LogP contribution in [0.1, 0.15) is 5.56 Å². The van der Waals surface area contributed by atoms with E-state index >= 15 is 0 Å². The highest BCUT2D eigenvalue weighted by molar-refractivity contribution is 9.10. The minimum atomic E-state index is -3.65. The Morgan fingerprint density at radius 3 is 2.25 bits per heavy atom. The smallest absolute Gasteiger partial charge is 0.200 e. The van der Waals surface area contributed by atoms with E-state index in [4.69, 9.17) is 11.6 Å². The van der Waals surface area contributed by atoms with Gasteiger partial charge in [0, 0.05) is 9.50 Å². The van der Waals surface area contributed by atoms with Gasteiger partial charge < -0.3 is 0 Å². The molecule has 2 rings (SSSR count). The summed E-state index contributed by atoms with van der Waals surface area (Å²) < 4.78 is 24.7. The maximum atomic E-state index is 11.9. The standard InChI is InChI=1S/C13H10BrClN2O2S/c14-11-3-7-13(8-4-11)20(18,19)17-16-9-10-1-5-12(15)6-2-10/h1-9,17H/b16-9-. The van der Waals surface area contributed by atoms with E-state index in [0.29, 0.717) is 5.02 Å². The van der Waals surface area contributed by atoms with Crippen molar-refractivity contribution < 1.29 is 8.42 Å². The molecule has 0 heterocycles. The van der Waals surface area contributed by atoms with Gasteiger partial charge in [-0.25, -0.2) is 4.83 Å². The average Bonchev–Trinajstić information content (AvgIpc) is 2.41. The van der Waals surface area contributed by atoms with Crippen LogP contribution in [0.4, 0.5) is 0 Å². The molecule has 1 N–H and O–H groups in total. The number of hydrogen-bond donors (Lipinski definition) is 1. The number of rotatable bonds is 4. The van der Waals surface area contributed by atoms with E-state index in [2.05, 4.69) is 25.9 Å². The van der Waals surface area contributed by atoms with Gasteiger partial charge in [0.25, 0.3) is 10.0 Å². The van der Waals surface area contributed by atoms with E-state index in [0.717, 1.165) is 10.0 Å². The van der Waals surface area contributed by atoms with Gasteiger partial charge in [0.15, 0.2) is 0 Å². The Balaban J connectivity index is 2.09. The number of benzene rings is 2. The Hall–Kier alpha value is -1.37. The Kier molecular flexibility index (Phi) is 4.80. The first-order chi connectivity index (χ1) is 9.47. The molecule has 0 unspecified atom stereocenters. The van der Waals surface area contributed by atoms with Crippen LogP contribution in [-0.2, 0) is 10.0 Å². The van der Waals surface area contributed by atoms with Gasteiger partial charge in [-0.1, -0.05) is 39.7 Å². The largest absolute Gasteiger partial charge is 0.276 e. The lowest BCUT2D eigenvalue weighted by Gasteiger charge is -2.03. The predicted octanol–water partition coefficient (Wildman–Crippen LogP) is 3.41. The minimum absolute atomic E-state index is 0.147. The summed E-state index contributed by atoms with van der Waals surface area (Å²) in [6, 6.07) is 13.2. The van der Waals surface area contributed by atoms with Crippen molar-refractivity contribution in [1.82, 2.24) is 4.83 Å². The lowest BCUT2D eigenvalue weighted by atomic mass is 10.2. The van der Waals surface area contributed by atoms with Crippen molar-refractivity contribution in [3.05, 3.63) is 63.6 Å². The molecule has 2 aromatic carbocycles. The van der Waals surface area contributed by atoms with Crippen LogP contribution in [0.3, 0.4) is 0 Å². The molecule has 20 heavy (non-hydrogen) atoms. The Morgan fingerprint density at radius 2 is 1.65 bits per heavy atom. The fourth-order valence-electron chi connectivity index (χ4n) is 1.39. The molecule has 0 atom stereocenters. The summed E-state index contributed by atoms with van der Waals surface area (Å²) in [5, 5.41) is 4.33. The summed E-state index contributed by atoms with van der Waals surface area (Å²) in [6.07, 6.45) is 1.41. The first-order valence-corrected chi connectivity index (χ1v) is 8.19. The third-order valence-corrected chi connectivity index (χ3v) is 4.40. The van der Waals surface area contributed by atoms with Crippen molar-refractivity contribution in [3.8, 4) is 0 Å². The van der Waals surface area contributed by atoms with Gasteiger partial charge in [-0.15, -0.1) is 0 Å². The fraction of sp³-hybridized carbons (Fsp3) is 0. The highest BCUT2D eigenvalue weighted by atomic mass is 79.9. The molecule has 0 amide bonds. The lowest BCUT2D eigenvalue weighted by Crippen LogP contribution is -2.18. The molecular weight excluding hydrogens is 364 g/mol. The first kappa shape index (κ1) is 15.0. The second-order valence-corrected chi connectivity index (χ2v) is 6.87. The number of nitrogens with zero attached hydrogens (tertiary/aromatic N) is 1. The zero-order valence-corrected chi connectivity index (χ0v) is 13.3. The zero-order valence-electron chi connectivity index (χ0n) is 10.1. The fourth-order valence-corrected chi connectivity index (χ4v) is 2.57. The SMILES string of the molecule is O=S(=O)(N/N=C\c1ccc(Cl)cc1)c1ccc(Br)cc1. The number of hydrogen-bond acceptors (Lipinski definition) is 3. The van der Waals surface area contributed by atoms with Crippen LogP contribution in [0, 0.1) is 0 Å². The molecule has 0 aliphatic heterocycles. The molecule has 0 bridgehead atoms. The van der Waals surface area contributed by atoms with Gasteiger partial charge in [-0.05, 0) is 42.0 Å². The van der Waals surface area contributed by atoms with Crippen LogP contribution in [0.15, 0.2) is 63.0 Å². The predicted molar refractivity (Wildman–Crippen MR) is 83.5 cm³/mol. The molecule has 2 aromatic rings. The van der Waals surface area contributed by atoms with E-state index in [1.165, 1.54) is 18.3 Å². The summed E-state index contributed by atoms with van der Waals surface area (Å²) in [6.45, 7) is 0. The van der Waals surface area contributed by atoms with Gasteiger partial charge in [0.1, 0.15) is 0 Å². The number of nitrogens with one attached hydrogen (secondary N) is 1. The first-order valence-electron chi connectivity index (χ1n) is 5.53. The van der Waals surface area contributed by atoms with E-state index < -0.39 is 10.0 Å². The number of hydrazone groups is 1. The molecule has 0 saturated carbocycles. The minimum Gasteiger partial charge on any atom is -0.200 e. The summed E-state index contributed by atoms with van der Waals surface area (Å²) in [4.78, 5) is 2.30. The molecule has 0 fully saturated rings. The van der Waals surface area contributed by atoms with Crippen molar-refractivity contribution in [2.75, 3.05) is 0 Å². The highest BCUT2D eigenvalue weighted by Gasteiger charge is 2.11. The van der Waals surface area contributed by atoms with Crippen LogP contribution < -0.4 is 4.83 Å². The van der Waals surface area contributed by atoms with E-state index in [1.54, 1.807) is 36.4 Å². The molecule has 4 nitrogen and oxygen atoms in total. The van der Waals surface area contributed by atoms with E-state index in [9.17, 15) is 8.42 Å². The third-order valence-electron chi connectivity index (χ3n) is 2.38. The van der Waals surface area contributed by atoms with Crippen LogP contribution in [-0.4, -0.2) is 14.6 Å². The van der Waals surface area contributed by atoms with Crippen LogP contribution >= 0.6 is 27.5 Å². The van der Waals surface area contributed by atoms with Crippen molar-refractivity contribution in [2.24, 2.45) is 5.10 Å². The van der Waals surface area contributed by atoms with Crippen LogP contribution in [0.5, 0.6) is 0 Å². The maximum absolute atomic E-state index is 11.9. The van der Waals surface area contributed by atoms with Gasteiger partial charge in [-0.3, -0.25) is 0 Å². The van der Waals surface area contributed by atoms with E-state index in [-0.39, 0.29) is 4.90 Å². The normalized spacial score (nSPS) is 11.7. The quantitative estimate of drug-likeness (QED) is 0.659.